The Balaban J connectivity index is 0.00000147. The molecule has 1 aliphatic heterocycles. The van der Waals surface area contributed by atoms with Crippen LogP contribution in [0, 0.1) is 13.8 Å². The Labute approximate surface area is 130 Å². The Morgan fingerprint density at radius 1 is 1.35 bits per heavy atom. The minimum atomic E-state index is 0. The molecule has 2 heterocycles. The van der Waals surface area contributed by atoms with Crippen LogP contribution >= 0.6 is 23.7 Å². The number of aromatic nitrogens is 1. The van der Waals surface area contributed by atoms with Crippen LogP contribution in [0.3, 0.4) is 0 Å². The largest absolute Gasteiger partial charge is 0.375 e. The number of benzene rings is 1. The maximum atomic E-state index is 5.69. The average molecular weight is 310 g/mol. The molecule has 0 saturated heterocycles. The van der Waals surface area contributed by atoms with E-state index in [0.717, 1.165) is 26.1 Å². The number of anilines is 1. The van der Waals surface area contributed by atoms with Gasteiger partial charge in [0.15, 0.2) is 5.13 Å². The molecule has 0 unspecified atom stereocenters. The highest BCUT2D eigenvalue weighted by atomic mass is 35.5. The van der Waals surface area contributed by atoms with E-state index in [-0.39, 0.29) is 12.4 Å². The van der Waals surface area contributed by atoms with Crippen LogP contribution in [0.2, 0.25) is 0 Å². The molecule has 0 bridgehead atoms. The van der Waals surface area contributed by atoms with E-state index in [1.807, 2.05) is 6.20 Å². The fourth-order valence-corrected chi connectivity index (χ4v) is 3.65. The highest BCUT2D eigenvalue weighted by Gasteiger charge is 2.18. The van der Waals surface area contributed by atoms with Crippen LogP contribution in [0.5, 0.6) is 0 Å². The molecule has 0 saturated carbocycles. The van der Waals surface area contributed by atoms with Gasteiger partial charge in [0.05, 0.1) is 0 Å². The van der Waals surface area contributed by atoms with Crippen LogP contribution < -0.4 is 5.73 Å². The van der Waals surface area contributed by atoms with E-state index in [1.165, 1.54) is 21.6 Å². The second kappa shape index (κ2) is 6.12. The van der Waals surface area contributed by atoms with Crippen molar-refractivity contribution < 1.29 is 0 Å². The molecule has 1 aromatic heterocycles. The molecule has 3 nitrogen and oxygen atoms in total. The smallest absolute Gasteiger partial charge is 0.180 e. The summed E-state index contributed by atoms with van der Waals surface area (Å²) < 4.78 is 0. The van der Waals surface area contributed by atoms with Gasteiger partial charge in [0.25, 0.3) is 0 Å². The second-order valence-electron chi connectivity index (χ2n) is 5.34. The fourth-order valence-electron chi connectivity index (χ4n) is 2.93. The Bertz CT molecular complexity index is 609. The van der Waals surface area contributed by atoms with Crippen LogP contribution in [0.1, 0.15) is 27.1 Å². The molecule has 20 heavy (non-hydrogen) atoms. The predicted molar refractivity (Wildman–Crippen MR) is 87.5 cm³/mol. The molecule has 108 valence electrons. The Morgan fingerprint density at radius 3 is 2.85 bits per heavy atom. The number of hydrogen-bond acceptors (Lipinski definition) is 4. The Hall–Kier alpha value is -1.10. The number of thiazole rings is 1. The van der Waals surface area contributed by atoms with Gasteiger partial charge in [-0.05, 0) is 37.0 Å². The highest BCUT2D eigenvalue weighted by molar-refractivity contribution is 7.15. The third-order valence-electron chi connectivity index (χ3n) is 3.73. The lowest BCUT2D eigenvalue weighted by atomic mass is 9.93. The maximum absolute atomic E-state index is 5.69. The van der Waals surface area contributed by atoms with E-state index in [4.69, 9.17) is 5.73 Å². The number of halogens is 1. The molecule has 1 aliphatic rings. The maximum Gasteiger partial charge on any atom is 0.180 e. The normalized spacial score (nSPS) is 14.7. The van der Waals surface area contributed by atoms with Gasteiger partial charge >= 0.3 is 0 Å². The molecule has 2 aromatic rings. The summed E-state index contributed by atoms with van der Waals surface area (Å²) >= 11 is 1.59. The van der Waals surface area contributed by atoms with Gasteiger partial charge in [-0.15, -0.1) is 23.7 Å². The number of fused-ring (bicyclic) bond motifs is 1. The molecule has 5 heteroatoms. The predicted octanol–water partition coefficient (Wildman–Crippen LogP) is 3.32. The number of hydrogen-bond donors (Lipinski definition) is 1. The van der Waals surface area contributed by atoms with Gasteiger partial charge in [0, 0.05) is 30.7 Å². The SMILES string of the molecule is Cc1cc(C)c2c(c1)CN(Cc1cnc(N)s1)CC2.Cl. The molecule has 0 spiro atoms. The van der Waals surface area contributed by atoms with Gasteiger partial charge in [0.1, 0.15) is 0 Å². The van der Waals surface area contributed by atoms with E-state index in [9.17, 15) is 0 Å². The summed E-state index contributed by atoms with van der Waals surface area (Å²) in [5.74, 6) is 0. The molecule has 0 radical (unpaired) electrons. The highest BCUT2D eigenvalue weighted by Crippen LogP contribution is 2.26. The number of nitrogens with two attached hydrogens (primary N) is 1. The van der Waals surface area contributed by atoms with E-state index in [0.29, 0.717) is 5.13 Å². The average Bonchev–Trinajstić information content (AvgIpc) is 2.74. The summed E-state index contributed by atoms with van der Waals surface area (Å²) in [6.45, 7) is 7.52. The molecular formula is C15H20ClN3S. The summed E-state index contributed by atoms with van der Waals surface area (Å²) in [5, 5.41) is 0.666. The second-order valence-corrected chi connectivity index (χ2v) is 6.49. The van der Waals surface area contributed by atoms with Crippen molar-refractivity contribution in [3.8, 4) is 0 Å². The first-order valence-corrected chi connectivity index (χ1v) is 7.45. The zero-order chi connectivity index (χ0) is 13.4. The van der Waals surface area contributed by atoms with Crippen molar-refractivity contribution in [1.29, 1.82) is 0 Å². The third kappa shape index (κ3) is 3.14. The fraction of sp³-hybridized carbons (Fsp3) is 0.400. The van der Waals surface area contributed by atoms with E-state index in [2.05, 4.69) is 35.9 Å². The summed E-state index contributed by atoms with van der Waals surface area (Å²) in [5.41, 5.74) is 11.5. The minimum absolute atomic E-state index is 0. The summed E-state index contributed by atoms with van der Waals surface area (Å²) in [6.07, 6.45) is 3.05. The van der Waals surface area contributed by atoms with E-state index in [1.54, 1.807) is 16.9 Å². The molecule has 3 rings (SSSR count). The monoisotopic (exact) mass is 309 g/mol. The quantitative estimate of drug-likeness (QED) is 0.925. The van der Waals surface area contributed by atoms with Gasteiger partial charge < -0.3 is 5.73 Å². The van der Waals surface area contributed by atoms with E-state index >= 15 is 0 Å². The van der Waals surface area contributed by atoms with Gasteiger partial charge in [-0.1, -0.05) is 17.7 Å². The van der Waals surface area contributed by atoms with Crippen molar-refractivity contribution >= 4 is 28.9 Å². The first-order valence-electron chi connectivity index (χ1n) is 6.63. The van der Waals surface area contributed by atoms with Crippen molar-refractivity contribution in [2.75, 3.05) is 12.3 Å². The number of rotatable bonds is 2. The van der Waals surface area contributed by atoms with Gasteiger partial charge in [-0.3, -0.25) is 4.90 Å². The molecule has 0 aliphatic carbocycles. The molecule has 2 N–H and O–H groups in total. The molecule has 0 atom stereocenters. The van der Waals surface area contributed by atoms with Crippen molar-refractivity contribution in [2.24, 2.45) is 0 Å². The lowest BCUT2D eigenvalue weighted by Crippen LogP contribution is -2.30. The van der Waals surface area contributed by atoms with Crippen LogP contribution in [-0.2, 0) is 19.5 Å². The number of aryl methyl sites for hydroxylation is 2. The van der Waals surface area contributed by atoms with Crippen LogP contribution in [0.15, 0.2) is 18.3 Å². The van der Waals surface area contributed by atoms with Gasteiger partial charge in [-0.2, -0.15) is 0 Å². The van der Waals surface area contributed by atoms with Crippen molar-refractivity contribution in [1.82, 2.24) is 9.88 Å². The number of nitrogen functional groups attached to an aromatic ring is 1. The van der Waals surface area contributed by atoms with Crippen molar-refractivity contribution in [3.05, 3.63) is 45.5 Å². The standard InChI is InChI=1S/C15H19N3S.ClH/c1-10-5-11(2)14-3-4-18(8-12(14)6-10)9-13-7-17-15(16)19-13;/h5-7H,3-4,8-9H2,1-2H3,(H2,16,17);1H. The Morgan fingerprint density at radius 2 is 2.15 bits per heavy atom. The Kier molecular flexibility index (Phi) is 4.68. The van der Waals surface area contributed by atoms with Crippen LogP contribution in [0.25, 0.3) is 0 Å². The molecule has 1 aromatic carbocycles. The van der Waals surface area contributed by atoms with Crippen LogP contribution in [-0.4, -0.2) is 16.4 Å². The van der Waals surface area contributed by atoms with Crippen molar-refractivity contribution in [3.63, 3.8) is 0 Å². The van der Waals surface area contributed by atoms with E-state index < -0.39 is 0 Å². The first-order chi connectivity index (χ1) is 9.11. The van der Waals surface area contributed by atoms with Crippen LogP contribution in [0.4, 0.5) is 5.13 Å². The van der Waals surface area contributed by atoms with Gasteiger partial charge in [-0.25, -0.2) is 4.98 Å². The van der Waals surface area contributed by atoms with Gasteiger partial charge in [0.2, 0.25) is 0 Å². The zero-order valence-corrected chi connectivity index (χ0v) is 13.5. The molecule has 0 fully saturated rings. The third-order valence-corrected chi connectivity index (χ3v) is 4.54. The molecule has 0 amide bonds. The summed E-state index contributed by atoms with van der Waals surface area (Å²) in [6, 6.07) is 4.62. The first kappa shape index (κ1) is 15.3. The number of nitrogens with zero attached hydrogens (tertiary/aromatic N) is 2. The minimum Gasteiger partial charge on any atom is -0.375 e. The summed E-state index contributed by atoms with van der Waals surface area (Å²) in [7, 11) is 0. The molecular weight excluding hydrogens is 290 g/mol. The topological polar surface area (TPSA) is 42.2 Å². The van der Waals surface area contributed by atoms with Crippen molar-refractivity contribution in [2.45, 2.75) is 33.4 Å². The lowest BCUT2D eigenvalue weighted by Gasteiger charge is -2.29. The lowest BCUT2D eigenvalue weighted by molar-refractivity contribution is 0.247. The zero-order valence-electron chi connectivity index (χ0n) is 11.8. The summed E-state index contributed by atoms with van der Waals surface area (Å²) in [4.78, 5) is 7.86.